The van der Waals surface area contributed by atoms with Crippen LogP contribution in [0.3, 0.4) is 0 Å². The Morgan fingerprint density at radius 3 is 2.12 bits per heavy atom. The molecule has 0 fully saturated rings. The summed E-state index contributed by atoms with van der Waals surface area (Å²) in [5.41, 5.74) is 0. The van der Waals surface area contributed by atoms with Crippen LogP contribution in [0.2, 0.25) is 0 Å². The second-order valence-corrected chi connectivity index (χ2v) is 5.36. The van der Waals surface area contributed by atoms with Gasteiger partial charge in [0.2, 0.25) is 0 Å². The summed E-state index contributed by atoms with van der Waals surface area (Å²) in [6.07, 6.45) is 7.42. The summed E-state index contributed by atoms with van der Waals surface area (Å²) in [6.45, 7) is 10.2. The first-order valence-corrected chi connectivity index (χ1v) is 7.20. The Kier molecular flexibility index (Phi) is 9.20. The molecule has 0 bridgehead atoms. The summed E-state index contributed by atoms with van der Waals surface area (Å²) in [6, 6.07) is 0. The molecule has 0 amide bonds. The van der Waals surface area contributed by atoms with Crippen LogP contribution >= 0.6 is 0 Å². The lowest BCUT2D eigenvalue weighted by atomic mass is 9.85. The van der Waals surface area contributed by atoms with Gasteiger partial charge in [0.1, 0.15) is 6.10 Å². The fourth-order valence-electron chi connectivity index (χ4n) is 2.47. The van der Waals surface area contributed by atoms with E-state index in [2.05, 4.69) is 27.7 Å². The number of rotatable bonds is 9. The van der Waals surface area contributed by atoms with Crippen molar-refractivity contribution < 1.29 is 9.53 Å². The van der Waals surface area contributed by atoms with Gasteiger partial charge in [-0.15, -0.1) is 0 Å². The molecule has 0 aliphatic heterocycles. The maximum atomic E-state index is 11.2. The highest BCUT2D eigenvalue weighted by Crippen LogP contribution is 2.26. The number of carbonyl (C=O) groups is 1. The van der Waals surface area contributed by atoms with Gasteiger partial charge >= 0.3 is 5.97 Å². The van der Waals surface area contributed by atoms with Crippen LogP contribution in [0.1, 0.15) is 73.1 Å². The largest absolute Gasteiger partial charge is 0.462 e. The van der Waals surface area contributed by atoms with Crippen LogP contribution in [0, 0.1) is 11.8 Å². The lowest BCUT2D eigenvalue weighted by molar-refractivity contribution is -0.152. The third-order valence-electron chi connectivity index (χ3n) is 3.26. The maximum absolute atomic E-state index is 11.2. The fourth-order valence-corrected chi connectivity index (χ4v) is 2.47. The van der Waals surface area contributed by atoms with E-state index in [4.69, 9.17) is 4.74 Å². The predicted octanol–water partition coefficient (Wildman–Crippen LogP) is 4.57. The molecule has 0 aliphatic rings. The number of hydrogen-bond acceptors (Lipinski definition) is 2. The van der Waals surface area contributed by atoms with E-state index in [1.165, 1.54) is 45.4 Å². The molecule has 0 aromatic heterocycles. The van der Waals surface area contributed by atoms with Crippen LogP contribution in [0.5, 0.6) is 0 Å². The minimum atomic E-state index is -0.139. The van der Waals surface area contributed by atoms with Crippen molar-refractivity contribution in [1.29, 1.82) is 0 Å². The lowest BCUT2D eigenvalue weighted by Crippen LogP contribution is -2.31. The predicted molar refractivity (Wildman–Crippen MR) is 72.9 cm³/mol. The molecule has 2 heteroatoms. The first-order valence-electron chi connectivity index (χ1n) is 7.20. The van der Waals surface area contributed by atoms with E-state index in [9.17, 15) is 4.79 Å². The monoisotopic (exact) mass is 242 g/mol. The summed E-state index contributed by atoms with van der Waals surface area (Å²) in [5.74, 6) is 0.813. The van der Waals surface area contributed by atoms with Crippen molar-refractivity contribution in [1.82, 2.24) is 0 Å². The molecule has 17 heavy (non-hydrogen) atoms. The van der Waals surface area contributed by atoms with Gasteiger partial charge in [0.25, 0.3) is 0 Å². The molecule has 2 unspecified atom stereocenters. The molecule has 102 valence electrons. The summed E-state index contributed by atoms with van der Waals surface area (Å²) >= 11 is 0. The van der Waals surface area contributed by atoms with Gasteiger partial charge < -0.3 is 4.74 Å². The van der Waals surface area contributed by atoms with E-state index in [-0.39, 0.29) is 12.1 Å². The second-order valence-electron chi connectivity index (χ2n) is 5.36. The van der Waals surface area contributed by atoms with E-state index in [0.29, 0.717) is 11.8 Å². The van der Waals surface area contributed by atoms with Gasteiger partial charge in [-0.3, -0.25) is 4.79 Å². The van der Waals surface area contributed by atoms with E-state index in [1.54, 1.807) is 0 Å². The molecule has 0 spiro atoms. The molecule has 0 aliphatic carbocycles. The molecule has 0 radical (unpaired) electrons. The van der Waals surface area contributed by atoms with Crippen molar-refractivity contribution in [2.45, 2.75) is 79.2 Å². The van der Waals surface area contributed by atoms with E-state index >= 15 is 0 Å². The topological polar surface area (TPSA) is 26.3 Å². The van der Waals surface area contributed by atoms with Crippen LogP contribution in [0.4, 0.5) is 0 Å². The number of hydrogen-bond donors (Lipinski definition) is 0. The Labute approximate surface area is 107 Å². The van der Waals surface area contributed by atoms with E-state index in [0.717, 1.165) is 0 Å². The van der Waals surface area contributed by atoms with Gasteiger partial charge in [0.15, 0.2) is 0 Å². The molecule has 0 saturated heterocycles. The first-order chi connectivity index (χ1) is 8.02. The Morgan fingerprint density at radius 1 is 1.06 bits per heavy atom. The van der Waals surface area contributed by atoms with Gasteiger partial charge in [0, 0.05) is 6.92 Å². The number of ether oxygens (including phenoxy) is 1. The molecular formula is C15H30O2. The Bertz CT molecular complexity index is 199. The fraction of sp³-hybridized carbons (Fsp3) is 0.933. The lowest BCUT2D eigenvalue weighted by Gasteiger charge is -2.29. The smallest absolute Gasteiger partial charge is 0.302 e. The van der Waals surface area contributed by atoms with Crippen molar-refractivity contribution >= 4 is 5.97 Å². The molecule has 0 aromatic rings. The summed E-state index contributed by atoms with van der Waals surface area (Å²) in [5, 5.41) is 0. The second kappa shape index (κ2) is 9.49. The van der Waals surface area contributed by atoms with Gasteiger partial charge in [-0.25, -0.2) is 0 Å². The van der Waals surface area contributed by atoms with Gasteiger partial charge in [-0.1, -0.05) is 53.4 Å². The van der Waals surface area contributed by atoms with E-state index in [1.807, 2.05) is 0 Å². The molecule has 2 nitrogen and oxygen atoms in total. The molecule has 0 aromatic carbocycles. The van der Waals surface area contributed by atoms with Crippen molar-refractivity contribution in [2.24, 2.45) is 11.8 Å². The van der Waals surface area contributed by atoms with Crippen LogP contribution in [-0.4, -0.2) is 12.1 Å². The average Bonchev–Trinajstić information content (AvgIpc) is 2.24. The van der Waals surface area contributed by atoms with Crippen LogP contribution in [0.25, 0.3) is 0 Å². The van der Waals surface area contributed by atoms with Crippen LogP contribution in [0.15, 0.2) is 0 Å². The van der Waals surface area contributed by atoms with Gasteiger partial charge in [-0.05, 0) is 24.7 Å². The minimum Gasteiger partial charge on any atom is -0.462 e. The highest BCUT2D eigenvalue weighted by molar-refractivity contribution is 5.66. The van der Waals surface area contributed by atoms with Crippen molar-refractivity contribution in [3.8, 4) is 0 Å². The Morgan fingerprint density at radius 2 is 1.71 bits per heavy atom. The van der Waals surface area contributed by atoms with E-state index < -0.39 is 0 Å². The van der Waals surface area contributed by atoms with Crippen molar-refractivity contribution in [2.75, 3.05) is 0 Å². The molecule has 0 heterocycles. The zero-order valence-corrected chi connectivity index (χ0v) is 12.3. The van der Waals surface area contributed by atoms with Gasteiger partial charge in [-0.2, -0.15) is 0 Å². The molecular weight excluding hydrogens is 212 g/mol. The molecule has 0 N–H and O–H groups in total. The average molecular weight is 242 g/mol. The minimum absolute atomic E-state index is 0.101. The maximum Gasteiger partial charge on any atom is 0.302 e. The number of carbonyl (C=O) groups excluding carboxylic acids is 1. The highest BCUT2D eigenvalue weighted by atomic mass is 16.5. The van der Waals surface area contributed by atoms with Crippen molar-refractivity contribution in [3.63, 3.8) is 0 Å². The normalized spacial score (nSPS) is 14.7. The molecule has 2 atom stereocenters. The number of unbranched alkanes of at least 4 members (excludes halogenated alkanes) is 2. The quantitative estimate of drug-likeness (QED) is 0.437. The molecule has 0 saturated carbocycles. The van der Waals surface area contributed by atoms with Crippen LogP contribution in [-0.2, 0) is 9.53 Å². The SMILES string of the molecule is CCCCCC(CCC)C(OC(C)=O)C(C)C. The zero-order valence-electron chi connectivity index (χ0n) is 12.3. The summed E-state index contributed by atoms with van der Waals surface area (Å²) in [4.78, 5) is 11.2. The Hall–Kier alpha value is -0.530. The summed E-state index contributed by atoms with van der Waals surface area (Å²) < 4.78 is 5.52. The number of esters is 1. The summed E-state index contributed by atoms with van der Waals surface area (Å²) in [7, 11) is 0. The zero-order chi connectivity index (χ0) is 13.3. The standard InChI is InChI=1S/C15H30O2/c1-6-8-9-11-14(10-7-2)15(12(3)4)17-13(5)16/h12,14-15H,6-11H2,1-5H3. The van der Waals surface area contributed by atoms with Crippen LogP contribution < -0.4 is 0 Å². The molecule has 0 rings (SSSR count). The van der Waals surface area contributed by atoms with Gasteiger partial charge in [0.05, 0.1) is 0 Å². The third-order valence-corrected chi connectivity index (χ3v) is 3.26. The van der Waals surface area contributed by atoms with Crippen molar-refractivity contribution in [3.05, 3.63) is 0 Å². The highest BCUT2D eigenvalue weighted by Gasteiger charge is 2.26. The first kappa shape index (κ1) is 16.5. The third kappa shape index (κ3) is 7.40. The Balaban J connectivity index is 4.41.